The molecule has 1 aromatic heterocycles. The zero-order chi connectivity index (χ0) is 22.0. The summed E-state index contributed by atoms with van der Waals surface area (Å²) in [5, 5.41) is 20.0. The van der Waals surface area contributed by atoms with E-state index >= 15 is 0 Å². The first-order valence-corrected chi connectivity index (χ1v) is 12.2. The Morgan fingerprint density at radius 3 is 2.19 bits per heavy atom. The maximum absolute atomic E-state index is 13.8. The number of aliphatic hydroxyl groups excluding tert-OH is 1. The van der Waals surface area contributed by atoms with E-state index in [-0.39, 0.29) is 37.3 Å². The second kappa shape index (κ2) is 10.7. The molecule has 0 aliphatic heterocycles. The maximum Gasteiger partial charge on any atom is 0.348 e. The van der Waals surface area contributed by atoms with Crippen LogP contribution in [0.3, 0.4) is 0 Å². The molecule has 0 atom stereocenters. The third-order valence-corrected chi connectivity index (χ3v) is 8.02. The molecule has 0 bridgehead atoms. The molecule has 4 rings (SSSR count). The highest BCUT2D eigenvalue weighted by Gasteiger charge is 2.37. The van der Waals surface area contributed by atoms with Crippen LogP contribution in [0.5, 0.6) is 0 Å². The lowest BCUT2D eigenvalue weighted by Gasteiger charge is -2.38. The predicted octanol–water partition coefficient (Wildman–Crippen LogP) is 5.20. The van der Waals surface area contributed by atoms with Gasteiger partial charge in [0.25, 0.3) is 0 Å². The highest BCUT2D eigenvalue weighted by molar-refractivity contribution is 7.18. The summed E-state index contributed by atoms with van der Waals surface area (Å²) in [5.41, 5.74) is 1.49. The lowest BCUT2D eigenvalue weighted by Crippen LogP contribution is -2.47. The van der Waals surface area contributed by atoms with Crippen molar-refractivity contribution in [3.63, 3.8) is 0 Å². The van der Waals surface area contributed by atoms with Crippen molar-refractivity contribution in [1.82, 2.24) is 0 Å². The summed E-state index contributed by atoms with van der Waals surface area (Å²) in [6.07, 6.45) is 6.18. The Balaban J connectivity index is 0.00000289. The monoisotopic (exact) mass is 452 g/mol. The third-order valence-electron chi connectivity index (χ3n) is 6.86. The fourth-order valence-electron chi connectivity index (χ4n) is 4.97. The summed E-state index contributed by atoms with van der Waals surface area (Å²) in [7, 11) is 0. The molecule has 1 amide bonds. The molecule has 2 aliphatic carbocycles. The lowest BCUT2D eigenvalue weighted by molar-refractivity contribution is -0.124. The van der Waals surface area contributed by atoms with Gasteiger partial charge >= 0.3 is 5.97 Å². The molecule has 5 nitrogen and oxygen atoms in total. The normalized spacial score (nSPS) is 25.6. The number of nitrogens with zero attached hydrogens (tertiary/aromatic N) is 1. The van der Waals surface area contributed by atoms with Crippen LogP contribution in [0.1, 0.15) is 68.0 Å². The second-order valence-electron chi connectivity index (χ2n) is 9.12. The quantitative estimate of drug-likeness (QED) is 0.612. The zero-order valence-corrected chi connectivity index (χ0v) is 19.4. The molecule has 2 aromatic rings. The predicted molar refractivity (Wildman–Crippen MR) is 129 cm³/mol. The number of aliphatic hydroxyl groups is 1. The average molecular weight is 452 g/mol. The van der Waals surface area contributed by atoms with Gasteiger partial charge in [-0.15, -0.1) is 11.3 Å². The summed E-state index contributed by atoms with van der Waals surface area (Å²) < 4.78 is 0. The second-order valence-corrected chi connectivity index (χ2v) is 10.2. The number of hydrogen-bond donors (Lipinski definition) is 2. The van der Waals surface area contributed by atoms with E-state index in [9.17, 15) is 19.8 Å². The van der Waals surface area contributed by atoms with Gasteiger partial charge in [-0.05, 0) is 68.9 Å². The molecule has 1 aromatic carbocycles. The van der Waals surface area contributed by atoms with Gasteiger partial charge in [0.15, 0.2) is 0 Å². The van der Waals surface area contributed by atoms with Crippen molar-refractivity contribution in [2.24, 2.45) is 11.8 Å². The van der Waals surface area contributed by atoms with E-state index < -0.39 is 5.97 Å². The molecular weight excluding hydrogens is 421 g/mol. The first-order chi connectivity index (χ1) is 14.9. The van der Waals surface area contributed by atoms with E-state index in [2.05, 4.69) is 6.92 Å². The summed E-state index contributed by atoms with van der Waals surface area (Å²) in [6, 6.07) is 11.6. The van der Waals surface area contributed by atoms with Gasteiger partial charge in [0.05, 0.1) is 11.8 Å². The van der Waals surface area contributed by atoms with Crippen LogP contribution in [0.4, 0.5) is 5.69 Å². The number of thiophene rings is 1. The van der Waals surface area contributed by atoms with Crippen LogP contribution in [0, 0.1) is 11.8 Å². The van der Waals surface area contributed by atoms with E-state index in [1.807, 2.05) is 36.4 Å². The first-order valence-electron chi connectivity index (χ1n) is 11.4. The smallest absolute Gasteiger partial charge is 0.348 e. The standard InChI is InChI=1S/C25H31NO4S.B/c1-16-7-9-18(10-8-16)24(28)26(19-11-13-20(27)14-12-19)21-15-22(31-23(21)25(29)30)17-5-3-2-4-6-17;/h2-6,15-16,18-20,27H,7-14H2,1H3,(H,29,30);. The number of carboxylic acids is 1. The minimum Gasteiger partial charge on any atom is -0.477 e. The molecule has 2 N–H and O–H groups in total. The van der Waals surface area contributed by atoms with Crippen molar-refractivity contribution in [3.05, 3.63) is 41.3 Å². The van der Waals surface area contributed by atoms with Crippen LogP contribution in [0.25, 0.3) is 10.4 Å². The van der Waals surface area contributed by atoms with Crippen molar-refractivity contribution < 1.29 is 19.8 Å². The number of anilines is 1. The van der Waals surface area contributed by atoms with Gasteiger partial charge in [-0.2, -0.15) is 0 Å². The molecule has 1 heterocycles. The van der Waals surface area contributed by atoms with E-state index in [0.29, 0.717) is 37.3 Å². The van der Waals surface area contributed by atoms with E-state index in [4.69, 9.17) is 0 Å². The minimum absolute atomic E-state index is 0. The van der Waals surface area contributed by atoms with Crippen molar-refractivity contribution in [2.45, 2.75) is 70.4 Å². The summed E-state index contributed by atoms with van der Waals surface area (Å²) in [5.74, 6) is -0.339. The highest BCUT2D eigenvalue weighted by Crippen LogP contribution is 2.41. The minimum atomic E-state index is -0.993. The van der Waals surface area contributed by atoms with Gasteiger partial charge in [0, 0.05) is 25.2 Å². The Labute approximate surface area is 196 Å². The molecule has 2 fully saturated rings. The van der Waals surface area contributed by atoms with Crippen molar-refractivity contribution >= 4 is 37.3 Å². The number of rotatable bonds is 5. The number of amides is 1. The molecule has 7 heteroatoms. The van der Waals surface area contributed by atoms with Gasteiger partial charge in [-0.1, -0.05) is 37.3 Å². The van der Waals surface area contributed by atoms with Crippen LogP contribution in [0.15, 0.2) is 36.4 Å². The van der Waals surface area contributed by atoms with Crippen LogP contribution in [-0.4, -0.2) is 42.6 Å². The fourth-order valence-corrected chi connectivity index (χ4v) is 5.97. The molecule has 3 radical (unpaired) electrons. The molecule has 2 aliphatic rings. The van der Waals surface area contributed by atoms with Gasteiger partial charge < -0.3 is 15.1 Å². The van der Waals surface area contributed by atoms with Gasteiger partial charge in [0.2, 0.25) is 5.91 Å². The number of carbonyl (C=O) groups is 2. The van der Waals surface area contributed by atoms with Crippen LogP contribution < -0.4 is 4.90 Å². The zero-order valence-electron chi connectivity index (χ0n) is 18.6. The lowest BCUT2D eigenvalue weighted by atomic mass is 9.81. The van der Waals surface area contributed by atoms with Crippen LogP contribution in [0.2, 0.25) is 0 Å². The fraction of sp³-hybridized carbons (Fsp3) is 0.520. The Morgan fingerprint density at radius 1 is 0.969 bits per heavy atom. The molecule has 0 unspecified atom stereocenters. The Morgan fingerprint density at radius 2 is 1.59 bits per heavy atom. The SMILES string of the molecule is CC1CCC(C(=O)N(c2cc(-c3ccccc3)sc2C(=O)O)C2CCC(O)CC2)CC1.[B]. The largest absolute Gasteiger partial charge is 0.477 e. The highest BCUT2D eigenvalue weighted by atomic mass is 32.1. The van der Waals surface area contributed by atoms with Crippen LogP contribution in [-0.2, 0) is 4.79 Å². The van der Waals surface area contributed by atoms with Crippen LogP contribution >= 0.6 is 11.3 Å². The molecule has 2 saturated carbocycles. The van der Waals surface area contributed by atoms with Gasteiger partial charge in [-0.3, -0.25) is 4.79 Å². The number of benzene rings is 1. The Kier molecular flexibility index (Phi) is 8.18. The van der Waals surface area contributed by atoms with Crippen molar-refractivity contribution in [2.75, 3.05) is 4.90 Å². The van der Waals surface area contributed by atoms with Gasteiger partial charge in [-0.25, -0.2) is 4.79 Å². The Hall–Kier alpha value is -2.12. The first kappa shape index (κ1) is 24.5. The Bertz CT molecular complexity index is 915. The number of carbonyl (C=O) groups excluding carboxylic acids is 1. The van der Waals surface area contributed by atoms with E-state index in [1.54, 1.807) is 4.90 Å². The molecule has 32 heavy (non-hydrogen) atoms. The van der Waals surface area contributed by atoms with Crippen molar-refractivity contribution in [1.29, 1.82) is 0 Å². The average Bonchev–Trinajstić information content (AvgIpc) is 3.22. The molecule has 169 valence electrons. The topological polar surface area (TPSA) is 77.8 Å². The molecule has 0 spiro atoms. The number of hydrogen-bond acceptors (Lipinski definition) is 4. The number of aromatic carboxylic acids is 1. The summed E-state index contributed by atoms with van der Waals surface area (Å²) >= 11 is 1.24. The number of carboxylic acid groups (broad SMARTS) is 1. The van der Waals surface area contributed by atoms with E-state index in [1.165, 1.54) is 11.3 Å². The summed E-state index contributed by atoms with van der Waals surface area (Å²) in [6.45, 7) is 2.23. The third kappa shape index (κ3) is 5.26. The summed E-state index contributed by atoms with van der Waals surface area (Å²) in [4.78, 5) is 28.9. The van der Waals surface area contributed by atoms with Gasteiger partial charge in [0.1, 0.15) is 4.88 Å². The van der Waals surface area contributed by atoms with E-state index in [0.717, 1.165) is 36.1 Å². The molecule has 0 saturated heterocycles. The van der Waals surface area contributed by atoms with Crippen molar-refractivity contribution in [3.8, 4) is 10.4 Å². The molecular formula is C25H31BNO4S. The maximum atomic E-state index is 13.8.